The van der Waals surface area contributed by atoms with Crippen molar-refractivity contribution in [1.82, 2.24) is 20.4 Å². The van der Waals surface area contributed by atoms with Crippen molar-refractivity contribution in [2.45, 2.75) is 57.0 Å². The van der Waals surface area contributed by atoms with Crippen LogP contribution in [0.2, 0.25) is 0 Å². The number of aryl methyl sites for hydroxylation is 1. The number of rotatable bonds is 5. The molecule has 1 aliphatic heterocycles. The summed E-state index contributed by atoms with van der Waals surface area (Å²) >= 11 is 1.60. The van der Waals surface area contributed by atoms with Crippen molar-refractivity contribution in [3.63, 3.8) is 0 Å². The Kier molecular flexibility index (Phi) is 4.31. The van der Waals surface area contributed by atoms with E-state index < -0.39 is 6.04 Å². The Balaban J connectivity index is 1.23. The molecule has 8 heteroatoms. The minimum atomic E-state index is -0.500. The number of nitrogens with zero attached hydrogens (tertiary/aromatic N) is 3. The SMILES string of the molecule is Cc1nnc(C(=O)C2CSCN2C(=O)CNC23CC4CC(CC(C4)C2)C3)o1. The molecule has 1 atom stereocenters. The lowest BCUT2D eigenvalue weighted by Gasteiger charge is -2.57. The zero-order valence-electron chi connectivity index (χ0n) is 15.6. The van der Waals surface area contributed by atoms with E-state index >= 15 is 0 Å². The number of aromatic nitrogens is 2. The van der Waals surface area contributed by atoms with Crippen LogP contribution in [0.4, 0.5) is 0 Å². The summed E-state index contributed by atoms with van der Waals surface area (Å²) in [5, 5.41) is 11.2. The molecule has 0 aromatic carbocycles. The van der Waals surface area contributed by atoms with Gasteiger partial charge in [0.1, 0.15) is 6.04 Å². The van der Waals surface area contributed by atoms with Gasteiger partial charge in [-0.05, 0) is 56.3 Å². The van der Waals surface area contributed by atoms with Crippen molar-refractivity contribution < 1.29 is 14.0 Å². The summed E-state index contributed by atoms with van der Waals surface area (Å²) in [5.41, 5.74) is 0.153. The predicted octanol–water partition coefficient (Wildman–Crippen LogP) is 2.02. The molecule has 1 saturated heterocycles. The molecule has 7 nitrogen and oxygen atoms in total. The molecule has 1 amide bonds. The fourth-order valence-corrected chi connectivity index (χ4v) is 7.32. The van der Waals surface area contributed by atoms with Crippen LogP contribution in [-0.2, 0) is 4.79 Å². The molecule has 2 heterocycles. The van der Waals surface area contributed by atoms with E-state index in [0.29, 0.717) is 24.1 Å². The van der Waals surface area contributed by atoms with Crippen molar-refractivity contribution in [2.24, 2.45) is 17.8 Å². The van der Waals surface area contributed by atoms with Crippen LogP contribution < -0.4 is 5.32 Å². The molecule has 5 fully saturated rings. The summed E-state index contributed by atoms with van der Waals surface area (Å²) in [4.78, 5) is 27.3. The minimum Gasteiger partial charge on any atom is -0.419 e. The number of carbonyl (C=O) groups excluding carboxylic acids is 2. The number of ketones is 1. The van der Waals surface area contributed by atoms with Crippen LogP contribution >= 0.6 is 11.8 Å². The number of hydrogen-bond acceptors (Lipinski definition) is 7. The highest BCUT2D eigenvalue weighted by molar-refractivity contribution is 7.99. The van der Waals surface area contributed by atoms with Crippen LogP contribution in [0.25, 0.3) is 0 Å². The third-order valence-corrected chi connectivity index (χ3v) is 7.91. The van der Waals surface area contributed by atoms with Crippen molar-refractivity contribution in [2.75, 3.05) is 18.2 Å². The van der Waals surface area contributed by atoms with E-state index in [9.17, 15) is 9.59 Å². The predicted molar refractivity (Wildman–Crippen MR) is 100 cm³/mol. The van der Waals surface area contributed by atoms with Crippen LogP contribution in [0.15, 0.2) is 4.42 Å². The van der Waals surface area contributed by atoms with Gasteiger partial charge in [-0.1, -0.05) is 0 Å². The fourth-order valence-electron chi connectivity index (χ4n) is 6.14. The van der Waals surface area contributed by atoms with Crippen LogP contribution in [0.5, 0.6) is 0 Å². The molecule has 1 unspecified atom stereocenters. The van der Waals surface area contributed by atoms with E-state index in [4.69, 9.17) is 4.42 Å². The van der Waals surface area contributed by atoms with E-state index in [0.717, 1.165) is 17.8 Å². The second kappa shape index (κ2) is 6.58. The maximum atomic E-state index is 12.9. The number of carbonyl (C=O) groups is 2. The summed E-state index contributed by atoms with van der Waals surface area (Å²) in [5.74, 6) is 3.80. The summed E-state index contributed by atoms with van der Waals surface area (Å²) in [6, 6.07) is -0.500. The van der Waals surface area contributed by atoms with E-state index in [2.05, 4.69) is 15.5 Å². The zero-order chi connectivity index (χ0) is 18.6. The standard InChI is InChI=1S/C19H26N4O3S/c1-11-21-22-18(26-11)17(25)15-9-27-10-23(15)16(24)8-20-19-5-12-2-13(6-19)4-14(3-12)7-19/h12-15,20H,2-10H2,1H3. The maximum absolute atomic E-state index is 12.9. The normalized spacial score (nSPS) is 37.1. The Hall–Kier alpha value is -1.41. The van der Waals surface area contributed by atoms with Gasteiger partial charge in [-0.2, -0.15) is 0 Å². The minimum absolute atomic E-state index is 0.00494. The first-order valence-electron chi connectivity index (χ1n) is 9.98. The molecule has 4 aliphatic carbocycles. The Bertz CT molecular complexity index is 729. The average Bonchev–Trinajstić information content (AvgIpc) is 3.27. The van der Waals surface area contributed by atoms with E-state index in [1.165, 1.54) is 38.5 Å². The lowest BCUT2D eigenvalue weighted by atomic mass is 9.53. The first-order chi connectivity index (χ1) is 13.0. The van der Waals surface area contributed by atoms with Gasteiger partial charge in [0.2, 0.25) is 17.6 Å². The summed E-state index contributed by atoms with van der Waals surface area (Å²) in [6.45, 7) is 1.98. The Morgan fingerprint density at radius 1 is 1.19 bits per heavy atom. The topological polar surface area (TPSA) is 88.3 Å². The second-order valence-electron chi connectivity index (χ2n) is 8.92. The van der Waals surface area contributed by atoms with Crippen molar-refractivity contribution in [3.8, 4) is 0 Å². The zero-order valence-corrected chi connectivity index (χ0v) is 16.5. The Morgan fingerprint density at radius 3 is 2.44 bits per heavy atom. The molecule has 0 spiro atoms. The number of nitrogens with one attached hydrogen (secondary N) is 1. The summed E-state index contributed by atoms with van der Waals surface area (Å²) < 4.78 is 5.28. The van der Waals surface area contributed by atoms with Gasteiger partial charge in [-0.15, -0.1) is 22.0 Å². The molecule has 4 bridgehead atoms. The van der Waals surface area contributed by atoms with Crippen molar-refractivity contribution in [3.05, 3.63) is 11.8 Å². The van der Waals surface area contributed by atoms with E-state index in [-0.39, 0.29) is 23.1 Å². The second-order valence-corrected chi connectivity index (χ2v) is 9.92. The van der Waals surface area contributed by atoms with Gasteiger partial charge >= 0.3 is 0 Å². The number of amides is 1. The molecule has 1 aromatic heterocycles. The van der Waals surface area contributed by atoms with Gasteiger partial charge in [-0.3, -0.25) is 9.59 Å². The molecule has 4 saturated carbocycles. The first kappa shape index (κ1) is 17.7. The third-order valence-electron chi connectivity index (χ3n) is 6.89. The average molecular weight is 391 g/mol. The highest BCUT2D eigenvalue weighted by atomic mass is 32.2. The number of hydrogen-bond donors (Lipinski definition) is 1. The maximum Gasteiger partial charge on any atom is 0.286 e. The van der Waals surface area contributed by atoms with Crippen LogP contribution in [-0.4, -0.2) is 56.5 Å². The highest BCUT2D eigenvalue weighted by Crippen LogP contribution is 2.55. The number of thioether (sulfide) groups is 1. The largest absolute Gasteiger partial charge is 0.419 e. The van der Waals surface area contributed by atoms with Crippen molar-refractivity contribution >= 4 is 23.5 Å². The Labute approximate surface area is 163 Å². The van der Waals surface area contributed by atoms with Gasteiger partial charge in [0, 0.05) is 18.2 Å². The molecule has 1 aromatic rings. The molecule has 5 aliphatic rings. The van der Waals surface area contributed by atoms with Gasteiger partial charge < -0.3 is 14.6 Å². The third kappa shape index (κ3) is 3.20. The highest BCUT2D eigenvalue weighted by Gasteiger charge is 2.51. The van der Waals surface area contributed by atoms with Crippen molar-refractivity contribution in [1.29, 1.82) is 0 Å². The monoisotopic (exact) mass is 390 g/mol. The van der Waals surface area contributed by atoms with Gasteiger partial charge in [0.15, 0.2) is 0 Å². The smallest absolute Gasteiger partial charge is 0.286 e. The van der Waals surface area contributed by atoms with Gasteiger partial charge in [0.25, 0.3) is 5.89 Å². The van der Waals surface area contributed by atoms with Gasteiger partial charge in [-0.25, -0.2) is 0 Å². The van der Waals surface area contributed by atoms with Crippen LogP contribution in [0.3, 0.4) is 0 Å². The van der Waals surface area contributed by atoms with Crippen LogP contribution in [0.1, 0.15) is 55.1 Å². The lowest BCUT2D eigenvalue weighted by molar-refractivity contribution is -0.131. The van der Waals surface area contributed by atoms with E-state index in [1.54, 1.807) is 23.6 Å². The summed E-state index contributed by atoms with van der Waals surface area (Å²) in [6.07, 6.45) is 7.80. The molecular weight excluding hydrogens is 364 g/mol. The quantitative estimate of drug-likeness (QED) is 0.770. The molecule has 0 radical (unpaired) electrons. The van der Waals surface area contributed by atoms with Crippen LogP contribution in [0, 0.1) is 24.7 Å². The first-order valence-corrected chi connectivity index (χ1v) is 11.1. The number of Topliss-reactive ketones (excluding diaryl/α,β-unsaturated/α-hetero) is 1. The molecule has 1 N–H and O–H groups in total. The fraction of sp³-hybridized carbons (Fsp3) is 0.789. The lowest BCUT2D eigenvalue weighted by Crippen LogP contribution is -2.60. The molecule has 6 rings (SSSR count). The molecular formula is C19H26N4O3S. The Morgan fingerprint density at radius 2 is 1.85 bits per heavy atom. The molecule has 146 valence electrons. The van der Waals surface area contributed by atoms with Gasteiger partial charge in [0.05, 0.1) is 12.4 Å². The molecule has 27 heavy (non-hydrogen) atoms. The summed E-state index contributed by atoms with van der Waals surface area (Å²) in [7, 11) is 0. The van der Waals surface area contributed by atoms with E-state index in [1.807, 2.05) is 0 Å².